The highest BCUT2D eigenvalue weighted by Crippen LogP contribution is 2.30. The van der Waals surface area contributed by atoms with Gasteiger partial charge in [-0.05, 0) is 130 Å². The number of nitrogens with one attached hydrogen (secondary N) is 1. The number of carbonyl (C=O) groups is 2. The number of amides is 2. The van der Waals surface area contributed by atoms with Gasteiger partial charge >= 0.3 is 12.2 Å². The van der Waals surface area contributed by atoms with Crippen LogP contribution in [0.4, 0.5) is 15.3 Å². The molecule has 0 spiro atoms. The first-order valence-electron chi connectivity index (χ1n) is 21.0. The van der Waals surface area contributed by atoms with Crippen LogP contribution in [0.25, 0.3) is 0 Å². The molecule has 3 atom stereocenters. The largest absolute Gasteiger partial charge is 0.486 e. The number of nitrogen functional groups attached to an aromatic ring is 1. The fourth-order valence-corrected chi connectivity index (χ4v) is 6.76. The topological polar surface area (TPSA) is 134 Å². The number of likely N-dealkylation sites (tertiary alicyclic amines) is 2. The van der Waals surface area contributed by atoms with E-state index in [4.69, 9.17) is 34.2 Å². The van der Waals surface area contributed by atoms with Crippen LogP contribution in [0.2, 0.25) is 0 Å². The molecule has 3 unspecified atom stereocenters. The first kappa shape index (κ1) is 47.0. The van der Waals surface area contributed by atoms with Crippen molar-refractivity contribution in [2.45, 2.75) is 122 Å². The molecule has 0 aromatic heterocycles. The lowest BCUT2D eigenvalue weighted by Crippen LogP contribution is -2.40. The predicted molar refractivity (Wildman–Crippen MR) is 233 cm³/mol. The quantitative estimate of drug-likeness (QED) is 0.232. The van der Waals surface area contributed by atoms with Gasteiger partial charge in [-0.1, -0.05) is 36.4 Å². The fourth-order valence-electron chi connectivity index (χ4n) is 6.76. The Hall–Kier alpha value is -4.68. The molecular weight excluding hydrogens is 749 g/mol. The molecule has 3 aromatic rings. The van der Waals surface area contributed by atoms with Crippen molar-refractivity contribution in [1.29, 1.82) is 0 Å². The number of anilines is 1. The van der Waals surface area contributed by atoms with Crippen LogP contribution in [0.3, 0.4) is 0 Å². The summed E-state index contributed by atoms with van der Waals surface area (Å²) >= 11 is 0. The summed E-state index contributed by atoms with van der Waals surface area (Å²) in [4.78, 5) is 27.5. The number of para-hydroxylation sites is 2. The van der Waals surface area contributed by atoms with Crippen LogP contribution in [0, 0.1) is 0 Å². The van der Waals surface area contributed by atoms with Gasteiger partial charge in [0, 0.05) is 57.8 Å². The van der Waals surface area contributed by atoms with E-state index in [0.29, 0.717) is 31.9 Å². The summed E-state index contributed by atoms with van der Waals surface area (Å²) in [5.41, 5.74) is 4.67. The first-order valence-corrected chi connectivity index (χ1v) is 21.0. The maximum atomic E-state index is 12.1. The molecule has 2 amide bonds. The summed E-state index contributed by atoms with van der Waals surface area (Å²) in [6, 6.07) is 27.0. The molecule has 4 heterocycles. The van der Waals surface area contributed by atoms with E-state index >= 15 is 0 Å². The van der Waals surface area contributed by atoms with Crippen LogP contribution in [-0.2, 0) is 14.2 Å². The maximum Gasteiger partial charge on any atom is 0.410 e. The van der Waals surface area contributed by atoms with Gasteiger partial charge in [-0.3, -0.25) is 0 Å². The number of benzene rings is 3. The number of rotatable bonds is 6. The van der Waals surface area contributed by atoms with Crippen molar-refractivity contribution in [1.82, 2.24) is 15.1 Å². The van der Waals surface area contributed by atoms with Crippen molar-refractivity contribution in [3.05, 3.63) is 84.9 Å². The minimum Gasteiger partial charge on any atom is -0.486 e. The van der Waals surface area contributed by atoms with Gasteiger partial charge in [0.2, 0.25) is 0 Å². The lowest BCUT2D eigenvalue weighted by atomic mass is 10.1. The third kappa shape index (κ3) is 17.2. The van der Waals surface area contributed by atoms with E-state index in [2.05, 4.69) is 12.2 Å². The molecule has 3 N–H and O–H groups in total. The van der Waals surface area contributed by atoms with Gasteiger partial charge in [-0.25, -0.2) is 9.59 Å². The van der Waals surface area contributed by atoms with E-state index in [1.54, 1.807) is 21.9 Å². The highest BCUT2D eigenvalue weighted by atomic mass is 16.6. The normalized spacial score (nSPS) is 23.7. The Morgan fingerprint density at radius 3 is 1.37 bits per heavy atom. The van der Waals surface area contributed by atoms with E-state index in [1.807, 2.05) is 128 Å². The second kappa shape index (κ2) is 21.0. The second-order valence-corrected chi connectivity index (χ2v) is 18.4. The van der Waals surface area contributed by atoms with Gasteiger partial charge in [-0.2, -0.15) is 0 Å². The van der Waals surface area contributed by atoms with Gasteiger partial charge in [0.1, 0.15) is 45.3 Å². The van der Waals surface area contributed by atoms with Crippen LogP contribution in [-0.4, -0.2) is 102 Å². The molecule has 326 valence electrons. The van der Waals surface area contributed by atoms with Crippen molar-refractivity contribution in [3.63, 3.8) is 0 Å². The van der Waals surface area contributed by atoms with E-state index in [1.165, 1.54) is 12.8 Å². The zero-order valence-electron chi connectivity index (χ0n) is 37.0. The molecule has 0 aliphatic carbocycles. The maximum absolute atomic E-state index is 12.1. The third-order valence-electron chi connectivity index (χ3n) is 9.79. The third-order valence-corrected chi connectivity index (χ3v) is 9.79. The summed E-state index contributed by atoms with van der Waals surface area (Å²) in [7, 11) is 0. The highest BCUT2D eigenvalue weighted by Gasteiger charge is 2.41. The average molecular weight is 819 g/mol. The first-order chi connectivity index (χ1) is 27.7. The fraction of sp³-hybridized carbons (Fsp3) is 0.574. The molecule has 4 saturated heterocycles. The number of hydrogen-bond donors (Lipinski definition) is 2. The molecule has 4 aliphatic rings. The minimum absolute atomic E-state index is 0.0125. The van der Waals surface area contributed by atoms with E-state index in [0.717, 1.165) is 62.8 Å². The Morgan fingerprint density at radius 2 is 1.02 bits per heavy atom. The Labute approximate surface area is 353 Å². The molecule has 4 aliphatic heterocycles. The summed E-state index contributed by atoms with van der Waals surface area (Å²) in [5.74, 6) is 2.56. The van der Waals surface area contributed by atoms with Crippen LogP contribution in [0.15, 0.2) is 84.9 Å². The molecule has 3 aromatic carbocycles. The number of ether oxygens (including phenoxy) is 6. The van der Waals surface area contributed by atoms with Gasteiger partial charge in [0.05, 0.1) is 13.1 Å². The van der Waals surface area contributed by atoms with E-state index in [-0.39, 0.29) is 23.4 Å². The molecular formula is C47H70N4O8. The molecule has 4 fully saturated rings. The molecule has 0 saturated carbocycles. The van der Waals surface area contributed by atoms with Gasteiger partial charge < -0.3 is 49.3 Å². The zero-order chi connectivity index (χ0) is 43.2. The zero-order valence-corrected chi connectivity index (χ0v) is 37.0. The summed E-state index contributed by atoms with van der Waals surface area (Å²) in [5, 5.41) is 3.31. The number of nitrogens with zero attached hydrogens (tertiary/aromatic N) is 2. The van der Waals surface area contributed by atoms with Crippen molar-refractivity contribution in [2.24, 2.45) is 0 Å². The molecule has 59 heavy (non-hydrogen) atoms. The van der Waals surface area contributed by atoms with Crippen molar-refractivity contribution < 1.29 is 38.0 Å². The highest BCUT2D eigenvalue weighted by molar-refractivity contribution is 5.69. The van der Waals surface area contributed by atoms with Crippen molar-refractivity contribution >= 4 is 17.9 Å². The summed E-state index contributed by atoms with van der Waals surface area (Å²) < 4.78 is 33.7. The molecule has 12 heteroatoms. The van der Waals surface area contributed by atoms with Crippen LogP contribution >= 0.6 is 0 Å². The summed E-state index contributed by atoms with van der Waals surface area (Å²) in [6.45, 7) is 23.8. The van der Waals surface area contributed by atoms with E-state index in [9.17, 15) is 9.59 Å². The Morgan fingerprint density at radius 1 is 0.610 bits per heavy atom. The molecule has 7 rings (SSSR count). The molecule has 0 radical (unpaired) electrons. The van der Waals surface area contributed by atoms with Gasteiger partial charge in [-0.15, -0.1) is 0 Å². The van der Waals surface area contributed by atoms with Crippen molar-refractivity contribution in [2.75, 3.05) is 58.2 Å². The number of hydrogen-bond acceptors (Lipinski definition) is 10. The molecule has 0 bridgehead atoms. The SMILES string of the molecule is C1CCOC1.CC(C)(C)OC(=O)N1CCC(C)(Oc2ccc(N)cc2)C1.CC(C)(C)OC(=O)N1CCC(C)(Oc2ccccc2)C1.CC1(Oc2ccccc2)CCNC1. The van der Waals surface area contributed by atoms with Crippen LogP contribution in [0.1, 0.15) is 94.4 Å². The second-order valence-electron chi connectivity index (χ2n) is 18.4. The van der Waals surface area contributed by atoms with Crippen molar-refractivity contribution in [3.8, 4) is 17.2 Å². The standard InChI is InChI=1S/C16H24N2O3.C16H23NO3.C11H15NO.C4H8O/c1-15(2,3)21-14(19)18-10-9-16(4,11-18)20-13-7-5-12(17)6-8-13;1-15(2,3)20-14(18)17-11-10-16(4,12-17)19-13-8-6-5-7-9-13;1-11(7-8-12-9-11)13-10-5-3-2-4-6-10;1-2-4-5-3-1/h5-8H,9-11,17H2,1-4H3;5-9H,10-12H2,1-4H3;2-6,12H,7-9H2,1H3;1-4H2. The Bertz CT molecular complexity index is 1700. The lowest BCUT2D eigenvalue weighted by molar-refractivity contribution is 0.0222. The Balaban J connectivity index is 0.000000188. The van der Waals surface area contributed by atoms with Gasteiger partial charge in [0.15, 0.2) is 0 Å². The lowest BCUT2D eigenvalue weighted by Gasteiger charge is -2.28. The van der Waals surface area contributed by atoms with Gasteiger partial charge in [0.25, 0.3) is 0 Å². The summed E-state index contributed by atoms with van der Waals surface area (Å²) in [6.07, 6.45) is 4.67. The minimum atomic E-state index is -0.478. The van der Waals surface area contributed by atoms with Crippen LogP contribution < -0.4 is 25.3 Å². The predicted octanol–water partition coefficient (Wildman–Crippen LogP) is 9.13. The van der Waals surface area contributed by atoms with Crippen LogP contribution in [0.5, 0.6) is 17.2 Å². The molecule has 12 nitrogen and oxygen atoms in total. The smallest absolute Gasteiger partial charge is 0.410 e. The Kier molecular flexibility index (Phi) is 16.7. The number of carbonyl (C=O) groups excluding carboxylic acids is 2. The average Bonchev–Trinajstić information content (AvgIpc) is 4.00. The van der Waals surface area contributed by atoms with E-state index < -0.39 is 16.8 Å². The monoisotopic (exact) mass is 819 g/mol. The number of nitrogens with two attached hydrogens (primary N) is 1.